The fourth-order valence-electron chi connectivity index (χ4n) is 1.43. The highest BCUT2D eigenvalue weighted by molar-refractivity contribution is 6.01. The van der Waals surface area contributed by atoms with Gasteiger partial charge in [0.2, 0.25) is 0 Å². The van der Waals surface area contributed by atoms with Crippen molar-refractivity contribution in [1.29, 1.82) is 0 Å². The number of rotatable bonds is 5. The maximum absolute atomic E-state index is 11.2. The lowest BCUT2D eigenvalue weighted by molar-refractivity contribution is -0.131. The van der Waals surface area contributed by atoms with Gasteiger partial charge in [-0.15, -0.1) is 0 Å². The number of ether oxygens (including phenoxy) is 1. The topological polar surface area (TPSA) is 72.5 Å². The smallest absolute Gasteiger partial charge is 0.407 e. The summed E-state index contributed by atoms with van der Waals surface area (Å²) in [4.78, 5) is 33.4. The summed E-state index contributed by atoms with van der Waals surface area (Å²) in [7, 11) is 0. The Kier molecular flexibility index (Phi) is 5.59. The fraction of sp³-hybridized carbons (Fsp3) is 0.700. The molecule has 86 valence electrons. The van der Waals surface area contributed by atoms with Gasteiger partial charge in [0.1, 0.15) is 11.6 Å². The highest BCUT2D eigenvalue weighted by Crippen LogP contribution is 2.07. The van der Waals surface area contributed by atoms with Gasteiger partial charge in [-0.2, -0.15) is 0 Å². The summed E-state index contributed by atoms with van der Waals surface area (Å²) >= 11 is 0. The summed E-state index contributed by atoms with van der Waals surface area (Å²) in [5.74, 6) is -1.31. The SMILES string of the molecule is CCOC(=O)N[C@@H](C)C(C(C)=O)C(C)=O. The second-order valence-electron chi connectivity index (χ2n) is 3.35. The molecule has 0 unspecified atom stereocenters. The van der Waals surface area contributed by atoms with E-state index in [1.54, 1.807) is 13.8 Å². The number of nitrogens with one attached hydrogen (secondary N) is 1. The highest BCUT2D eigenvalue weighted by Gasteiger charge is 2.27. The van der Waals surface area contributed by atoms with E-state index in [9.17, 15) is 14.4 Å². The van der Waals surface area contributed by atoms with Gasteiger partial charge in [0, 0.05) is 6.04 Å². The first-order valence-electron chi connectivity index (χ1n) is 4.84. The third-order valence-corrected chi connectivity index (χ3v) is 2.00. The average molecular weight is 215 g/mol. The molecule has 1 atom stereocenters. The predicted molar refractivity (Wildman–Crippen MR) is 54.5 cm³/mol. The third kappa shape index (κ3) is 4.58. The number of alkyl carbamates (subject to hydrolysis) is 1. The number of ketones is 2. The van der Waals surface area contributed by atoms with Crippen LogP contribution >= 0.6 is 0 Å². The first-order chi connectivity index (χ1) is 6.90. The Hall–Kier alpha value is -1.39. The van der Waals surface area contributed by atoms with Crippen LogP contribution in [0.1, 0.15) is 27.7 Å². The molecule has 0 aromatic rings. The van der Waals surface area contributed by atoms with Crippen LogP contribution in [-0.4, -0.2) is 30.3 Å². The first kappa shape index (κ1) is 13.6. The number of carbonyl (C=O) groups excluding carboxylic acids is 3. The van der Waals surface area contributed by atoms with Crippen molar-refractivity contribution >= 4 is 17.7 Å². The first-order valence-corrected chi connectivity index (χ1v) is 4.84. The largest absolute Gasteiger partial charge is 0.450 e. The van der Waals surface area contributed by atoms with Crippen molar-refractivity contribution in [3.8, 4) is 0 Å². The Morgan fingerprint density at radius 2 is 1.67 bits per heavy atom. The molecule has 0 spiro atoms. The molecule has 1 amide bonds. The quantitative estimate of drug-likeness (QED) is 0.692. The Balaban J connectivity index is 4.39. The Bertz CT molecular complexity index is 248. The van der Waals surface area contributed by atoms with E-state index < -0.39 is 18.1 Å². The maximum atomic E-state index is 11.2. The van der Waals surface area contributed by atoms with Crippen molar-refractivity contribution < 1.29 is 19.1 Å². The number of Topliss-reactive ketones (excluding diaryl/α,β-unsaturated/α-hetero) is 2. The van der Waals surface area contributed by atoms with E-state index in [0.29, 0.717) is 0 Å². The van der Waals surface area contributed by atoms with Crippen molar-refractivity contribution in [3.63, 3.8) is 0 Å². The van der Waals surface area contributed by atoms with Gasteiger partial charge in [-0.25, -0.2) is 4.79 Å². The van der Waals surface area contributed by atoms with Crippen molar-refractivity contribution in [2.24, 2.45) is 5.92 Å². The van der Waals surface area contributed by atoms with E-state index in [2.05, 4.69) is 10.1 Å². The number of hydrogen-bond acceptors (Lipinski definition) is 4. The minimum Gasteiger partial charge on any atom is -0.450 e. The Labute approximate surface area is 89.2 Å². The van der Waals surface area contributed by atoms with Gasteiger partial charge in [-0.05, 0) is 27.7 Å². The number of hydrogen-bond donors (Lipinski definition) is 1. The Morgan fingerprint density at radius 1 is 1.20 bits per heavy atom. The molecule has 0 fully saturated rings. The summed E-state index contributed by atoms with van der Waals surface area (Å²) in [6.45, 7) is 6.19. The van der Waals surface area contributed by atoms with Gasteiger partial charge in [0.15, 0.2) is 0 Å². The van der Waals surface area contributed by atoms with Crippen LogP contribution in [0.25, 0.3) is 0 Å². The molecule has 5 heteroatoms. The standard InChI is InChI=1S/C10H17NO4/c1-5-15-10(14)11-6(2)9(7(3)12)8(4)13/h6,9H,5H2,1-4H3,(H,11,14)/t6-/m0/s1. The summed E-state index contributed by atoms with van der Waals surface area (Å²) in [5.41, 5.74) is 0. The molecule has 0 bridgehead atoms. The molecule has 0 radical (unpaired) electrons. The normalized spacial score (nSPS) is 12.1. The van der Waals surface area contributed by atoms with Crippen molar-refractivity contribution in [1.82, 2.24) is 5.32 Å². The van der Waals surface area contributed by atoms with Gasteiger partial charge in [0.05, 0.1) is 12.5 Å². The van der Waals surface area contributed by atoms with E-state index >= 15 is 0 Å². The molecule has 1 N–H and O–H groups in total. The van der Waals surface area contributed by atoms with E-state index in [4.69, 9.17) is 0 Å². The zero-order chi connectivity index (χ0) is 12.0. The lowest BCUT2D eigenvalue weighted by Gasteiger charge is -2.19. The van der Waals surface area contributed by atoms with E-state index in [1.165, 1.54) is 13.8 Å². The van der Waals surface area contributed by atoms with E-state index in [1.807, 2.05) is 0 Å². The summed E-state index contributed by atoms with van der Waals surface area (Å²) in [5, 5.41) is 2.44. The molecule has 0 heterocycles. The molecule has 0 aliphatic carbocycles. The second kappa shape index (κ2) is 6.16. The summed E-state index contributed by atoms with van der Waals surface area (Å²) < 4.78 is 4.65. The lowest BCUT2D eigenvalue weighted by atomic mass is 9.93. The van der Waals surface area contributed by atoms with E-state index in [-0.39, 0.29) is 18.2 Å². The highest BCUT2D eigenvalue weighted by atomic mass is 16.5. The molecule has 0 aromatic heterocycles. The van der Waals surface area contributed by atoms with Gasteiger partial charge >= 0.3 is 6.09 Å². The maximum Gasteiger partial charge on any atom is 0.407 e. The van der Waals surface area contributed by atoms with Crippen LogP contribution in [-0.2, 0) is 14.3 Å². The van der Waals surface area contributed by atoms with Gasteiger partial charge in [-0.3, -0.25) is 9.59 Å². The van der Waals surface area contributed by atoms with Crippen LogP contribution in [0.2, 0.25) is 0 Å². The van der Waals surface area contributed by atoms with E-state index in [0.717, 1.165) is 0 Å². The average Bonchev–Trinajstić information content (AvgIpc) is 2.01. The minimum absolute atomic E-state index is 0.253. The second-order valence-corrected chi connectivity index (χ2v) is 3.35. The van der Waals surface area contributed by atoms with Crippen molar-refractivity contribution in [3.05, 3.63) is 0 Å². The van der Waals surface area contributed by atoms with Gasteiger partial charge < -0.3 is 10.1 Å². The number of carbonyl (C=O) groups is 3. The molecule has 0 saturated carbocycles. The van der Waals surface area contributed by atoms with Gasteiger partial charge in [-0.1, -0.05) is 0 Å². The molecule has 0 saturated heterocycles. The molecule has 0 rings (SSSR count). The van der Waals surface area contributed by atoms with Gasteiger partial charge in [0.25, 0.3) is 0 Å². The fourth-order valence-corrected chi connectivity index (χ4v) is 1.43. The van der Waals surface area contributed by atoms with Crippen molar-refractivity contribution in [2.45, 2.75) is 33.7 Å². The molecular weight excluding hydrogens is 198 g/mol. The number of amides is 1. The van der Waals surface area contributed by atoms with Crippen molar-refractivity contribution in [2.75, 3.05) is 6.61 Å². The molecule has 0 aromatic carbocycles. The summed E-state index contributed by atoms with van der Waals surface area (Å²) in [6, 6.07) is -0.543. The molecule has 5 nitrogen and oxygen atoms in total. The predicted octanol–water partition coefficient (Wildman–Crippen LogP) is 0.915. The zero-order valence-electron chi connectivity index (χ0n) is 9.49. The van der Waals surface area contributed by atoms with Crippen LogP contribution in [0.4, 0.5) is 4.79 Å². The molecule has 15 heavy (non-hydrogen) atoms. The van der Waals surface area contributed by atoms with Crippen LogP contribution in [0.5, 0.6) is 0 Å². The zero-order valence-corrected chi connectivity index (χ0v) is 9.49. The van der Waals surface area contributed by atoms with Crippen LogP contribution < -0.4 is 5.32 Å². The van der Waals surface area contributed by atoms with Crippen LogP contribution in [0.3, 0.4) is 0 Å². The minimum atomic E-state index is -0.797. The third-order valence-electron chi connectivity index (χ3n) is 2.00. The lowest BCUT2D eigenvalue weighted by Crippen LogP contribution is -2.43. The Morgan fingerprint density at radius 3 is 2.00 bits per heavy atom. The molecular formula is C10H17NO4. The van der Waals surface area contributed by atoms with Crippen LogP contribution in [0, 0.1) is 5.92 Å². The van der Waals surface area contributed by atoms with Crippen LogP contribution in [0.15, 0.2) is 0 Å². The molecule has 0 aliphatic heterocycles. The summed E-state index contributed by atoms with van der Waals surface area (Å²) in [6.07, 6.45) is -0.613. The molecule has 0 aliphatic rings. The monoisotopic (exact) mass is 215 g/mol.